The van der Waals surface area contributed by atoms with E-state index in [1.807, 2.05) is 13.8 Å². The van der Waals surface area contributed by atoms with Gasteiger partial charge in [-0.15, -0.1) is 11.3 Å². The lowest BCUT2D eigenvalue weighted by Crippen LogP contribution is -2.36. The predicted molar refractivity (Wildman–Crippen MR) is 80.2 cm³/mol. The maximum absolute atomic E-state index is 12.4. The molecule has 0 radical (unpaired) electrons. The molecule has 2 N–H and O–H groups in total. The van der Waals surface area contributed by atoms with E-state index < -0.39 is 17.8 Å². The maximum Gasteiger partial charge on any atom is 0.307 e. The fraction of sp³-hybridized carbons (Fsp3) is 0.533. The molecule has 0 spiro atoms. The molecule has 5 nitrogen and oxygen atoms in total. The summed E-state index contributed by atoms with van der Waals surface area (Å²) < 4.78 is 0. The van der Waals surface area contributed by atoms with Gasteiger partial charge < -0.3 is 10.4 Å². The molecule has 1 aromatic rings. The van der Waals surface area contributed by atoms with E-state index in [1.54, 1.807) is 0 Å². The first-order valence-electron chi connectivity index (χ1n) is 6.99. The number of carbonyl (C=O) groups is 2. The number of aliphatic carboxylic acids is 1. The van der Waals surface area contributed by atoms with E-state index in [2.05, 4.69) is 11.4 Å². The van der Waals surface area contributed by atoms with Crippen molar-refractivity contribution in [2.45, 2.75) is 39.5 Å². The van der Waals surface area contributed by atoms with Crippen molar-refractivity contribution < 1.29 is 14.7 Å². The van der Waals surface area contributed by atoms with Crippen LogP contribution in [-0.4, -0.2) is 17.0 Å². The second-order valence-electron chi connectivity index (χ2n) is 5.42. The van der Waals surface area contributed by atoms with Gasteiger partial charge in [0.1, 0.15) is 11.1 Å². The van der Waals surface area contributed by atoms with Crippen LogP contribution in [0.2, 0.25) is 0 Å². The molecule has 0 unspecified atom stereocenters. The first kappa shape index (κ1) is 15.5. The van der Waals surface area contributed by atoms with E-state index in [0.717, 1.165) is 23.3 Å². The van der Waals surface area contributed by atoms with Crippen LogP contribution in [0, 0.1) is 37.0 Å². The molecule has 1 fully saturated rings. The Morgan fingerprint density at radius 3 is 2.48 bits per heavy atom. The van der Waals surface area contributed by atoms with Crippen LogP contribution < -0.4 is 5.32 Å². The molecular weight excluding hydrogens is 288 g/mol. The van der Waals surface area contributed by atoms with Gasteiger partial charge in [-0.05, 0) is 32.3 Å². The normalized spacial score (nSPS) is 21.6. The van der Waals surface area contributed by atoms with Gasteiger partial charge in [-0.3, -0.25) is 9.59 Å². The second kappa shape index (κ2) is 6.27. The average molecular weight is 306 g/mol. The van der Waals surface area contributed by atoms with Crippen LogP contribution in [0.25, 0.3) is 0 Å². The quantitative estimate of drug-likeness (QED) is 0.898. The maximum atomic E-state index is 12.4. The molecule has 112 valence electrons. The van der Waals surface area contributed by atoms with Crippen molar-refractivity contribution in [2.75, 3.05) is 5.32 Å². The van der Waals surface area contributed by atoms with Gasteiger partial charge >= 0.3 is 5.97 Å². The van der Waals surface area contributed by atoms with Gasteiger partial charge in [0.15, 0.2) is 0 Å². The number of anilines is 1. The van der Waals surface area contributed by atoms with Gasteiger partial charge in [0.05, 0.1) is 17.4 Å². The van der Waals surface area contributed by atoms with Crippen molar-refractivity contribution in [1.82, 2.24) is 0 Å². The third kappa shape index (κ3) is 3.08. The van der Waals surface area contributed by atoms with E-state index in [4.69, 9.17) is 0 Å². The third-order valence-corrected chi connectivity index (χ3v) is 5.28. The van der Waals surface area contributed by atoms with Gasteiger partial charge in [-0.2, -0.15) is 5.26 Å². The van der Waals surface area contributed by atoms with Gasteiger partial charge in [0.2, 0.25) is 5.91 Å². The fourth-order valence-electron chi connectivity index (χ4n) is 2.79. The summed E-state index contributed by atoms with van der Waals surface area (Å²) in [5.74, 6) is -2.31. The van der Waals surface area contributed by atoms with Crippen molar-refractivity contribution in [3.8, 4) is 6.07 Å². The van der Waals surface area contributed by atoms with Crippen LogP contribution in [0.3, 0.4) is 0 Å². The number of aryl methyl sites for hydroxylation is 1. The molecular formula is C15H18N2O3S. The number of carboxylic acid groups (broad SMARTS) is 1. The summed E-state index contributed by atoms with van der Waals surface area (Å²) in [5.41, 5.74) is 1.35. The monoisotopic (exact) mass is 306 g/mol. The van der Waals surface area contributed by atoms with E-state index >= 15 is 0 Å². The number of nitrogens with zero attached hydrogens (tertiary/aromatic N) is 1. The van der Waals surface area contributed by atoms with Gasteiger partial charge in [-0.25, -0.2) is 0 Å². The highest BCUT2D eigenvalue weighted by Crippen LogP contribution is 2.35. The second-order valence-corrected chi connectivity index (χ2v) is 6.65. The molecule has 1 aromatic heterocycles. The zero-order valence-electron chi connectivity index (χ0n) is 12.1. The topological polar surface area (TPSA) is 90.2 Å². The SMILES string of the molecule is Cc1sc(NC(=O)[C@@H]2CCCC[C@H]2C(=O)O)c(C#N)c1C. The Morgan fingerprint density at radius 1 is 1.29 bits per heavy atom. The van der Waals surface area contributed by atoms with Crippen LogP contribution in [0.15, 0.2) is 0 Å². The first-order valence-corrected chi connectivity index (χ1v) is 7.81. The van der Waals surface area contributed by atoms with Gasteiger partial charge in [0.25, 0.3) is 0 Å². The minimum absolute atomic E-state index is 0.278. The molecule has 0 saturated heterocycles. The van der Waals surface area contributed by atoms with E-state index in [0.29, 0.717) is 23.4 Å². The molecule has 1 heterocycles. The Hall–Kier alpha value is -1.87. The summed E-state index contributed by atoms with van der Waals surface area (Å²) in [6, 6.07) is 2.11. The number of hydrogen-bond acceptors (Lipinski definition) is 4. The summed E-state index contributed by atoms with van der Waals surface area (Å²) in [7, 11) is 0. The molecule has 1 aliphatic carbocycles. The number of nitriles is 1. The van der Waals surface area contributed by atoms with E-state index in [9.17, 15) is 20.0 Å². The lowest BCUT2D eigenvalue weighted by molar-refractivity contribution is -0.147. The van der Waals surface area contributed by atoms with Crippen molar-refractivity contribution in [3.05, 3.63) is 16.0 Å². The van der Waals surface area contributed by atoms with Crippen molar-refractivity contribution in [1.29, 1.82) is 5.26 Å². The Kier molecular flexibility index (Phi) is 4.63. The first-order chi connectivity index (χ1) is 9.95. The van der Waals surface area contributed by atoms with Gasteiger partial charge in [-0.1, -0.05) is 12.8 Å². The summed E-state index contributed by atoms with van der Waals surface area (Å²) >= 11 is 1.37. The molecule has 0 aliphatic heterocycles. The predicted octanol–water partition coefficient (Wildman–Crippen LogP) is 3.07. The number of amides is 1. The zero-order valence-corrected chi connectivity index (χ0v) is 12.9. The summed E-state index contributed by atoms with van der Waals surface area (Å²) in [6.07, 6.45) is 2.85. The zero-order chi connectivity index (χ0) is 15.6. The minimum Gasteiger partial charge on any atom is -0.481 e. The summed E-state index contributed by atoms with van der Waals surface area (Å²) in [4.78, 5) is 24.7. The number of thiophene rings is 1. The molecule has 1 amide bonds. The fourth-order valence-corrected chi connectivity index (χ4v) is 3.81. The molecule has 1 saturated carbocycles. The van der Waals surface area contributed by atoms with Crippen LogP contribution in [-0.2, 0) is 9.59 Å². The lowest BCUT2D eigenvalue weighted by atomic mass is 9.79. The average Bonchev–Trinajstić information content (AvgIpc) is 2.73. The lowest BCUT2D eigenvalue weighted by Gasteiger charge is -2.27. The van der Waals surface area contributed by atoms with Crippen LogP contribution >= 0.6 is 11.3 Å². The smallest absolute Gasteiger partial charge is 0.307 e. The standard InChI is InChI=1S/C15H18N2O3S/c1-8-9(2)21-14(12(8)7-16)17-13(18)10-5-3-4-6-11(10)15(19)20/h10-11H,3-6H2,1-2H3,(H,17,18)(H,19,20)/t10-,11-/m1/s1. The number of rotatable bonds is 3. The molecule has 0 bridgehead atoms. The Labute approximate surface area is 127 Å². The molecule has 2 rings (SSSR count). The van der Waals surface area contributed by atoms with Crippen molar-refractivity contribution >= 4 is 28.2 Å². The molecule has 21 heavy (non-hydrogen) atoms. The molecule has 6 heteroatoms. The Balaban J connectivity index is 2.19. The van der Waals surface area contributed by atoms with Crippen LogP contribution in [0.5, 0.6) is 0 Å². The van der Waals surface area contributed by atoms with E-state index in [-0.39, 0.29) is 5.91 Å². The van der Waals surface area contributed by atoms with E-state index in [1.165, 1.54) is 11.3 Å². The Morgan fingerprint density at radius 2 is 1.90 bits per heavy atom. The number of carboxylic acids is 1. The van der Waals surface area contributed by atoms with Crippen LogP contribution in [0.1, 0.15) is 41.7 Å². The molecule has 1 aliphatic rings. The van der Waals surface area contributed by atoms with Gasteiger partial charge in [0, 0.05) is 4.88 Å². The molecule has 0 aromatic carbocycles. The largest absolute Gasteiger partial charge is 0.481 e. The highest BCUT2D eigenvalue weighted by atomic mass is 32.1. The number of hydrogen-bond donors (Lipinski definition) is 2. The third-order valence-electron chi connectivity index (χ3n) is 4.15. The minimum atomic E-state index is -0.908. The van der Waals surface area contributed by atoms with Crippen molar-refractivity contribution in [2.24, 2.45) is 11.8 Å². The number of carbonyl (C=O) groups excluding carboxylic acids is 1. The van der Waals surface area contributed by atoms with Crippen molar-refractivity contribution in [3.63, 3.8) is 0 Å². The summed E-state index contributed by atoms with van der Waals surface area (Å²) in [6.45, 7) is 3.75. The highest BCUT2D eigenvalue weighted by Gasteiger charge is 2.36. The Bertz CT molecular complexity index is 615. The number of nitrogens with one attached hydrogen (secondary N) is 1. The van der Waals surface area contributed by atoms with Crippen LogP contribution in [0.4, 0.5) is 5.00 Å². The molecule has 2 atom stereocenters. The summed E-state index contributed by atoms with van der Waals surface area (Å²) in [5, 5.41) is 21.7. The highest BCUT2D eigenvalue weighted by molar-refractivity contribution is 7.16.